The van der Waals surface area contributed by atoms with Crippen LogP contribution in [0.5, 0.6) is 0 Å². The van der Waals surface area contributed by atoms with Crippen LogP contribution in [-0.4, -0.2) is 34.3 Å². The van der Waals surface area contributed by atoms with Crippen molar-refractivity contribution in [3.63, 3.8) is 0 Å². The normalized spacial score (nSPS) is 18.6. The molecule has 0 saturated carbocycles. The topological polar surface area (TPSA) is 49.2 Å². The molecule has 0 radical (unpaired) electrons. The molecule has 0 aromatic carbocycles. The SMILES string of the molecule is OC1CCN(c2ncncc2Cl)CC1. The van der Waals surface area contributed by atoms with E-state index in [1.165, 1.54) is 6.33 Å². The number of hydrogen-bond donors (Lipinski definition) is 1. The predicted molar refractivity (Wildman–Crippen MR) is 54.5 cm³/mol. The summed E-state index contributed by atoms with van der Waals surface area (Å²) in [5.41, 5.74) is 0. The third-order valence-corrected chi connectivity index (χ3v) is 2.68. The Kier molecular flexibility index (Phi) is 2.84. The Morgan fingerprint density at radius 2 is 2.14 bits per heavy atom. The van der Waals surface area contributed by atoms with Gasteiger partial charge in [0.15, 0.2) is 5.82 Å². The molecule has 2 rings (SSSR count). The summed E-state index contributed by atoms with van der Waals surface area (Å²) in [6, 6.07) is 0. The van der Waals surface area contributed by atoms with E-state index in [9.17, 15) is 5.11 Å². The molecule has 1 aliphatic heterocycles. The van der Waals surface area contributed by atoms with Crippen molar-refractivity contribution in [3.05, 3.63) is 17.5 Å². The van der Waals surface area contributed by atoms with E-state index in [-0.39, 0.29) is 6.10 Å². The van der Waals surface area contributed by atoms with Gasteiger partial charge in [-0.05, 0) is 12.8 Å². The van der Waals surface area contributed by atoms with Crippen LogP contribution in [-0.2, 0) is 0 Å². The Labute approximate surface area is 87.5 Å². The zero-order valence-corrected chi connectivity index (χ0v) is 8.48. The van der Waals surface area contributed by atoms with Crippen LogP contribution < -0.4 is 4.90 Å². The number of piperidine rings is 1. The monoisotopic (exact) mass is 213 g/mol. The maximum Gasteiger partial charge on any atom is 0.150 e. The number of hydrogen-bond acceptors (Lipinski definition) is 4. The van der Waals surface area contributed by atoms with E-state index in [0.29, 0.717) is 5.02 Å². The summed E-state index contributed by atoms with van der Waals surface area (Å²) in [6.45, 7) is 1.61. The largest absolute Gasteiger partial charge is 0.393 e. The minimum Gasteiger partial charge on any atom is -0.393 e. The summed E-state index contributed by atoms with van der Waals surface area (Å²) in [5, 5.41) is 9.92. The van der Waals surface area contributed by atoms with Crippen molar-refractivity contribution in [3.8, 4) is 0 Å². The summed E-state index contributed by atoms with van der Waals surface area (Å²) in [7, 11) is 0. The Morgan fingerprint density at radius 3 is 2.79 bits per heavy atom. The molecule has 5 heteroatoms. The van der Waals surface area contributed by atoms with Crippen molar-refractivity contribution in [2.75, 3.05) is 18.0 Å². The molecule has 76 valence electrons. The molecule has 4 nitrogen and oxygen atoms in total. The molecule has 1 aromatic rings. The first-order valence-corrected chi connectivity index (χ1v) is 5.03. The number of aliphatic hydroxyl groups excluding tert-OH is 1. The maximum atomic E-state index is 9.35. The average molecular weight is 214 g/mol. The van der Waals surface area contributed by atoms with Crippen LogP contribution in [0, 0.1) is 0 Å². The Hall–Kier alpha value is -0.870. The molecule has 1 aliphatic rings. The fraction of sp³-hybridized carbons (Fsp3) is 0.556. The van der Waals surface area contributed by atoms with Gasteiger partial charge in [-0.2, -0.15) is 0 Å². The lowest BCUT2D eigenvalue weighted by molar-refractivity contribution is 0.145. The van der Waals surface area contributed by atoms with Gasteiger partial charge in [-0.1, -0.05) is 11.6 Å². The molecular weight excluding hydrogens is 202 g/mol. The predicted octanol–water partition coefficient (Wildman–Crippen LogP) is 1.09. The van der Waals surface area contributed by atoms with Crippen LogP contribution in [0.3, 0.4) is 0 Å². The molecule has 1 aromatic heterocycles. The van der Waals surface area contributed by atoms with Gasteiger partial charge in [0.05, 0.1) is 12.3 Å². The number of aromatic nitrogens is 2. The minimum atomic E-state index is -0.174. The highest BCUT2D eigenvalue weighted by Gasteiger charge is 2.19. The first-order valence-electron chi connectivity index (χ1n) is 4.66. The van der Waals surface area contributed by atoms with Crippen LogP contribution in [0.4, 0.5) is 5.82 Å². The lowest BCUT2D eigenvalue weighted by Crippen LogP contribution is -2.36. The van der Waals surface area contributed by atoms with Gasteiger partial charge < -0.3 is 10.0 Å². The van der Waals surface area contributed by atoms with E-state index in [2.05, 4.69) is 14.9 Å². The zero-order valence-electron chi connectivity index (χ0n) is 7.73. The van der Waals surface area contributed by atoms with Crippen molar-refractivity contribution in [1.82, 2.24) is 9.97 Å². The van der Waals surface area contributed by atoms with Gasteiger partial charge in [0.1, 0.15) is 11.3 Å². The maximum absolute atomic E-state index is 9.35. The first kappa shape index (κ1) is 9.68. The van der Waals surface area contributed by atoms with Crippen LogP contribution in [0.2, 0.25) is 5.02 Å². The highest BCUT2D eigenvalue weighted by atomic mass is 35.5. The van der Waals surface area contributed by atoms with Crippen molar-refractivity contribution >= 4 is 17.4 Å². The van der Waals surface area contributed by atoms with Crippen LogP contribution in [0.15, 0.2) is 12.5 Å². The van der Waals surface area contributed by atoms with Gasteiger partial charge in [0, 0.05) is 13.1 Å². The average Bonchev–Trinajstić information content (AvgIpc) is 2.20. The van der Waals surface area contributed by atoms with E-state index in [1.807, 2.05) is 0 Å². The number of anilines is 1. The van der Waals surface area contributed by atoms with E-state index in [1.54, 1.807) is 6.20 Å². The van der Waals surface area contributed by atoms with Gasteiger partial charge in [0.2, 0.25) is 0 Å². The Bertz CT molecular complexity index is 313. The number of halogens is 1. The second-order valence-corrected chi connectivity index (χ2v) is 3.82. The van der Waals surface area contributed by atoms with Crippen molar-refractivity contribution in [2.45, 2.75) is 18.9 Å². The molecule has 1 fully saturated rings. The quantitative estimate of drug-likeness (QED) is 0.759. The smallest absolute Gasteiger partial charge is 0.150 e. The second-order valence-electron chi connectivity index (χ2n) is 3.41. The standard InChI is InChI=1S/C9H12ClN3O/c10-8-5-11-6-12-9(8)13-3-1-7(14)2-4-13/h5-7,14H,1-4H2. The Morgan fingerprint density at radius 1 is 1.43 bits per heavy atom. The highest BCUT2D eigenvalue weighted by Crippen LogP contribution is 2.24. The van der Waals surface area contributed by atoms with Gasteiger partial charge in [-0.15, -0.1) is 0 Å². The molecule has 0 spiro atoms. The van der Waals surface area contributed by atoms with E-state index >= 15 is 0 Å². The lowest BCUT2D eigenvalue weighted by atomic mass is 10.1. The summed E-state index contributed by atoms with van der Waals surface area (Å²) < 4.78 is 0. The molecule has 2 heterocycles. The van der Waals surface area contributed by atoms with E-state index in [0.717, 1.165) is 31.7 Å². The fourth-order valence-corrected chi connectivity index (χ4v) is 1.84. The summed E-state index contributed by atoms with van der Waals surface area (Å²) in [6.07, 6.45) is 4.47. The van der Waals surface area contributed by atoms with Gasteiger partial charge in [-0.3, -0.25) is 0 Å². The minimum absolute atomic E-state index is 0.174. The number of rotatable bonds is 1. The number of nitrogens with zero attached hydrogens (tertiary/aromatic N) is 3. The van der Waals surface area contributed by atoms with Crippen molar-refractivity contribution < 1.29 is 5.11 Å². The van der Waals surface area contributed by atoms with Gasteiger partial charge in [0.25, 0.3) is 0 Å². The molecular formula is C9H12ClN3O. The highest BCUT2D eigenvalue weighted by molar-refractivity contribution is 6.32. The summed E-state index contributed by atoms with van der Waals surface area (Å²) >= 11 is 5.96. The molecule has 0 aliphatic carbocycles. The fourth-order valence-electron chi connectivity index (χ4n) is 1.62. The van der Waals surface area contributed by atoms with Crippen molar-refractivity contribution in [1.29, 1.82) is 0 Å². The van der Waals surface area contributed by atoms with Crippen molar-refractivity contribution in [2.24, 2.45) is 0 Å². The summed E-state index contributed by atoms with van der Waals surface area (Å²) in [4.78, 5) is 10.0. The third-order valence-electron chi connectivity index (χ3n) is 2.41. The molecule has 0 amide bonds. The molecule has 1 N–H and O–H groups in total. The first-order chi connectivity index (χ1) is 6.77. The number of aliphatic hydroxyl groups is 1. The van der Waals surface area contributed by atoms with Gasteiger partial charge in [-0.25, -0.2) is 9.97 Å². The Balaban J connectivity index is 2.12. The molecule has 14 heavy (non-hydrogen) atoms. The molecule has 0 unspecified atom stereocenters. The van der Waals surface area contributed by atoms with Crippen LogP contribution in [0.25, 0.3) is 0 Å². The lowest BCUT2D eigenvalue weighted by Gasteiger charge is -2.30. The second kappa shape index (κ2) is 4.11. The third kappa shape index (κ3) is 1.96. The van der Waals surface area contributed by atoms with Crippen LogP contribution >= 0.6 is 11.6 Å². The molecule has 0 bridgehead atoms. The van der Waals surface area contributed by atoms with Gasteiger partial charge >= 0.3 is 0 Å². The molecule has 1 saturated heterocycles. The molecule has 0 atom stereocenters. The van der Waals surface area contributed by atoms with E-state index in [4.69, 9.17) is 11.6 Å². The summed E-state index contributed by atoms with van der Waals surface area (Å²) in [5.74, 6) is 0.772. The van der Waals surface area contributed by atoms with Crippen LogP contribution in [0.1, 0.15) is 12.8 Å². The zero-order chi connectivity index (χ0) is 9.97. The van der Waals surface area contributed by atoms with E-state index < -0.39 is 0 Å².